The predicted octanol–water partition coefficient (Wildman–Crippen LogP) is 5.19. The molecule has 0 saturated carbocycles. The third kappa shape index (κ3) is 4.86. The van der Waals surface area contributed by atoms with Gasteiger partial charge in [0.05, 0.1) is 9.90 Å². The number of hydrogen-bond donors (Lipinski definition) is 1. The summed E-state index contributed by atoms with van der Waals surface area (Å²) in [6, 6.07) is 11.0. The third-order valence-corrected chi connectivity index (χ3v) is 5.78. The zero-order valence-electron chi connectivity index (χ0n) is 16.0. The van der Waals surface area contributed by atoms with Crippen LogP contribution in [0.5, 0.6) is 5.75 Å². The van der Waals surface area contributed by atoms with E-state index in [4.69, 9.17) is 16.3 Å². The molecule has 0 spiro atoms. The molecule has 152 valence electrons. The van der Waals surface area contributed by atoms with Gasteiger partial charge in [0.2, 0.25) is 0 Å². The van der Waals surface area contributed by atoms with Crippen LogP contribution < -0.4 is 10.1 Å². The number of thiophene rings is 1. The van der Waals surface area contributed by atoms with E-state index in [1.54, 1.807) is 35.2 Å². The highest BCUT2D eigenvalue weighted by atomic mass is 35.5. The maximum absolute atomic E-state index is 13.8. The van der Waals surface area contributed by atoms with Gasteiger partial charge in [-0.25, -0.2) is 4.39 Å². The number of ether oxygens (including phenoxy) is 1. The van der Waals surface area contributed by atoms with E-state index >= 15 is 0 Å². The second-order valence-electron chi connectivity index (χ2n) is 6.22. The number of rotatable bonds is 7. The first-order chi connectivity index (χ1) is 13.9. The van der Waals surface area contributed by atoms with Crippen LogP contribution >= 0.6 is 22.9 Å². The van der Waals surface area contributed by atoms with Gasteiger partial charge in [0.1, 0.15) is 11.6 Å². The Kier molecular flexibility index (Phi) is 6.71. The van der Waals surface area contributed by atoms with Gasteiger partial charge >= 0.3 is 0 Å². The smallest absolute Gasteiger partial charge is 0.265 e. The number of nitrogens with one attached hydrogen (secondary N) is 1. The van der Waals surface area contributed by atoms with Gasteiger partial charge in [-0.3, -0.25) is 9.59 Å². The molecule has 0 aliphatic rings. The Balaban J connectivity index is 1.67. The summed E-state index contributed by atoms with van der Waals surface area (Å²) in [5.41, 5.74) is 0.473. The summed E-state index contributed by atoms with van der Waals surface area (Å²) in [6.07, 6.45) is 0. The first-order valence-electron chi connectivity index (χ1n) is 9.12. The van der Waals surface area contributed by atoms with Crippen molar-refractivity contribution in [2.24, 2.45) is 0 Å². The fourth-order valence-corrected chi connectivity index (χ4v) is 4.04. The number of carbonyl (C=O) groups excluding carboxylic acids is 2. The second-order valence-corrected chi connectivity index (χ2v) is 7.71. The molecule has 0 radical (unpaired) electrons. The molecule has 0 atom stereocenters. The van der Waals surface area contributed by atoms with Crippen molar-refractivity contribution in [1.82, 2.24) is 4.90 Å². The summed E-state index contributed by atoms with van der Waals surface area (Å²) < 4.78 is 20.0. The highest BCUT2D eigenvalue weighted by molar-refractivity contribution is 7.20. The van der Waals surface area contributed by atoms with Crippen molar-refractivity contribution in [1.29, 1.82) is 0 Å². The fraction of sp³-hybridized carbons (Fsp3) is 0.238. The zero-order valence-corrected chi connectivity index (χ0v) is 17.6. The van der Waals surface area contributed by atoms with Gasteiger partial charge in [0.25, 0.3) is 11.8 Å². The lowest BCUT2D eigenvalue weighted by Gasteiger charge is -2.19. The monoisotopic (exact) mass is 434 g/mol. The van der Waals surface area contributed by atoms with Crippen LogP contribution in [0, 0.1) is 5.82 Å². The molecule has 0 saturated heterocycles. The molecule has 2 aromatic carbocycles. The van der Waals surface area contributed by atoms with Gasteiger partial charge < -0.3 is 15.0 Å². The molecule has 0 aliphatic heterocycles. The van der Waals surface area contributed by atoms with E-state index in [1.807, 2.05) is 13.8 Å². The van der Waals surface area contributed by atoms with Crippen molar-refractivity contribution in [3.05, 3.63) is 58.2 Å². The number of hydrogen-bond acceptors (Lipinski definition) is 4. The van der Waals surface area contributed by atoms with E-state index < -0.39 is 0 Å². The van der Waals surface area contributed by atoms with E-state index in [1.165, 1.54) is 23.5 Å². The molecule has 8 heteroatoms. The van der Waals surface area contributed by atoms with E-state index in [0.29, 0.717) is 39.5 Å². The zero-order chi connectivity index (χ0) is 21.0. The first-order valence-corrected chi connectivity index (χ1v) is 10.3. The minimum absolute atomic E-state index is 0.111. The van der Waals surface area contributed by atoms with Crippen molar-refractivity contribution in [2.75, 3.05) is 25.0 Å². The normalized spacial score (nSPS) is 10.8. The van der Waals surface area contributed by atoms with Crippen LogP contribution in [-0.4, -0.2) is 36.4 Å². The minimum Gasteiger partial charge on any atom is -0.482 e. The van der Waals surface area contributed by atoms with Gasteiger partial charge in [-0.1, -0.05) is 17.7 Å². The van der Waals surface area contributed by atoms with Gasteiger partial charge in [0, 0.05) is 28.9 Å². The van der Waals surface area contributed by atoms with Crippen LogP contribution in [0.2, 0.25) is 5.02 Å². The van der Waals surface area contributed by atoms with Gasteiger partial charge in [-0.15, -0.1) is 11.3 Å². The Labute approximate surface area is 177 Å². The van der Waals surface area contributed by atoms with Crippen LogP contribution in [0.3, 0.4) is 0 Å². The first kappa shape index (κ1) is 21.1. The number of amides is 2. The van der Waals surface area contributed by atoms with Crippen molar-refractivity contribution >= 4 is 50.5 Å². The lowest BCUT2D eigenvalue weighted by Crippen LogP contribution is -2.34. The lowest BCUT2D eigenvalue weighted by molar-refractivity contribution is -0.132. The number of fused-ring (bicyclic) bond motifs is 1. The van der Waals surface area contributed by atoms with Gasteiger partial charge in [-0.05, 0) is 50.2 Å². The summed E-state index contributed by atoms with van der Waals surface area (Å²) in [6.45, 7) is 4.91. The average molecular weight is 435 g/mol. The topological polar surface area (TPSA) is 58.6 Å². The molecular weight excluding hydrogens is 415 g/mol. The highest BCUT2D eigenvalue weighted by Crippen LogP contribution is 2.30. The summed E-state index contributed by atoms with van der Waals surface area (Å²) in [5.74, 6) is -0.483. The molecule has 3 aromatic rings. The second kappa shape index (κ2) is 9.24. The number of anilines is 1. The molecule has 0 bridgehead atoms. The maximum atomic E-state index is 13.8. The van der Waals surface area contributed by atoms with E-state index in [0.717, 1.165) is 0 Å². The van der Waals surface area contributed by atoms with Crippen molar-refractivity contribution in [3.63, 3.8) is 0 Å². The number of carbonyl (C=O) groups is 2. The molecule has 5 nitrogen and oxygen atoms in total. The molecule has 1 aromatic heterocycles. The molecular formula is C21H20ClFN2O3S. The van der Waals surface area contributed by atoms with E-state index in [9.17, 15) is 14.0 Å². The van der Waals surface area contributed by atoms with Crippen molar-refractivity contribution in [2.45, 2.75) is 13.8 Å². The summed E-state index contributed by atoms with van der Waals surface area (Å²) in [5, 5.41) is 3.44. The molecule has 0 unspecified atom stereocenters. The Morgan fingerprint density at radius 2 is 1.93 bits per heavy atom. The molecule has 29 heavy (non-hydrogen) atoms. The van der Waals surface area contributed by atoms with Crippen LogP contribution in [-0.2, 0) is 4.79 Å². The molecule has 0 fully saturated rings. The molecule has 1 N–H and O–H groups in total. The maximum Gasteiger partial charge on any atom is 0.265 e. The standard InChI is InChI=1S/C21H20ClFN2O3S/c1-3-25(4-2)20(26)12-28-17-9-8-13(10-15(17)22)24-21(27)19-11-14-16(23)6-5-7-18(14)29-19/h5-11H,3-4,12H2,1-2H3,(H,24,27). The SMILES string of the molecule is CCN(CC)C(=O)COc1ccc(NC(=O)c2cc3c(F)cccc3s2)cc1Cl. The van der Waals surface area contributed by atoms with Crippen LogP contribution in [0.15, 0.2) is 42.5 Å². The quantitative estimate of drug-likeness (QED) is 0.556. The molecule has 2 amide bonds. The minimum atomic E-state index is -0.360. The number of nitrogens with zero attached hydrogens (tertiary/aromatic N) is 1. The van der Waals surface area contributed by atoms with E-state index in [-0.39, 0.29) is 29.3 Å². The number of likely N-dealkylation sites (N-methyl/N-ethyl adjacent to an activating group) is 1. The van der Waals surface area contributed by atoms with Gasteiger partial charge in [-0.2, -0.15) is 0 Å². The third-order valence-electron chi connectivity index (χ3n) is 4.39. The van der Waals surface area contributed by atoms with Crippen LogP contribution in [0.1, 0.15) is 23.5 Å². The van der Waals surface area contributed by atoms with Crippen molar-refractivity contribution < 1.29 is 18.7 Å². The Bertz CT molecular complexity index is 1050. The Hall–Kier alpha value is -2.64. The van der Waals surface area contributed by atoms with Crippen molar-refractivity contribution in [3.8, 4) is 5.75 Å². The molecule has 0 aliphatic carbocycles. The summed E-state index contributed by atoms with van der Waals surface area (Å²) in [4.78, 5) is 26.6. The summed E-state index contributed by atoms with van der Waals surface area (Å²) >= 11 is 7.44. The average Bonchev–Trinajstić information content (AvgIpc) is 3.14. The molecule has 3 rings (SSSR count). The Morgan fingerprint density at radius 3 is 2.59 bits per heavy atom. The fourth-order valence-electron chi connectivity index (χ4n) is 2.83. The molecule has 1 heterocycles. The number of benzene rings is 2. The Morgan fingerprint density at radius 1 is 1.17 bits per heavy atom. The predicted molar refractivity (Wildman–Crippen MR) is 115 cm³/mol. The summed E-state index contributed by atoms with van der Waals surface area (Å²) in [7, 11) is 0. The number of halogens is 2. The lowest BCUT2D eigenvalue weighted by atomic mass is 10.2. The highest BCUT2D eigenvalue weighted by Gasteiger charge is 2.15. The van der Waals surface area contributed by atoms with Crippen LogP contribution in [0.25, 0.3) is 10.1 Å². The van der Waals surface area contributed by atoms with Crippen LogP contribution in [0.4, 0.5) is 10.1 Å². The van der Waals surface area contributed by atoms with Gasteiger partial charge in [0.15, 0.2) is 6.61 Å². The van der Waals surface area contributed by atoms with E-state index in [2.05, 4.69) is 5.32 Å². The largest absolute Gasteiger partial charge is 0.482 e.